The number of alkyl halides is 1. The molecule has 10 heavy (non-hydrogen) atoms. The number of rotatable bonds is 3. The number of hydrogen-bond acceptors (Lipinski definition) is 2. The van der Waals surface area contributed by atoms with Gasteiger partial charge in [-0.1, -0.05) is 0 Å². The molecule has 1 aliphatic heterocycles. The number of hydrogen-bond donors (Lipinski definition) is 1. The molecule has 3 heteroatoms. The van der Waals surface area contributed by atoms with Crippen LogP contribution in [0.3, 0.4) is 0 Å². The van der Waals surface area contributed by atoms with Crippen LogP contribution in [0.1, 0.15) is 19.3 Å². The molecule has 1 heterocycles. The van der Waals surface area contributed by atoms with Crippen LogP contribution in [-0.2, 0) is 4.74 Å². The fourth-order valence-corrected chi connectivity index (χ4v) is 1.19. The zero-order valence-electron chi connectivity index (χ0n) is 5.92. The van der Waals surface area contributed by atoms with E-state index < -0.39 is 6.17 Å². The highest BCUT2D eigenvalue weighted by Gasteiger charge is 2.19. The second-order valence-electron chi connectivity index (χ2n) is 2.65. The lowest BCUT2D eigenvalue weighted by molar-refractivity contribution is 0.0638. The van der Waals surface area contributed by atoms with E-state index in [-0.39, 0.29) is 12.7 Å². The van der Waals surface area contributed by atoms with Crippen molar-refractivity contribution < 1.29 is 14.2 Å². The summed E-state index contributed by atoms with van der Waals surface area (Å²) in [6, 6.07) is 0. The predicted octanol–water partition coefficient (Wildman–Crippen LogP) is 0.886. The first-order chi connectivity index (χ1) is 4.83. The van der Waals surface area contributed by atoms with Crippen LogP contribution >= 0.6 is 0 Å². The highest BCUT2D eigenvalue weighted by molar-refractivity contribution is 4.68. The maximum Gasteiger partial charge on any atom is 0.126 e. The molecule has 0 saturated carbocycles. The summed E-state index contributed by atoms with van der Waals surface area (Å²) in [7, 11) is 0. The average Bonchev–Trinajstić information content (AvgIpc) is 2.40. The van der Waals surface area contributed by atoms with Gasteiger partial charge in [-0.25, -0.2) is 4.39 Å². The van der Waals surface area contributed by atoms with Crippen molar-refractivity contribution in [2.45, 2.75) is 31.5 Å². The molecule has 1 saturated heterocycles. The van der Waals surface area contributed by atoms with Gasteiger partial charge in [-0.2, -0.15) is 0 Å². The molecule has 0 aliphatic carbocycles. The molecule has 1 rings (SSSR count). The van der Waals surface area contributed by atoms with Gasteiger partial charge in [0.05, 0.1) is 12.7 Å². The van der Waals surface area contributed by atoms with E-state index in [9.17, 15) is 4.39 Å². The Balaban J connectivity index is 2.11. The standard InChI is InChI=1S/C7H13FO2/c8-6(5-9)4-7-2-1-3-10-7/h6-7,9H,1-5H2/t6-,7-/m0/s1. The molecule has 0 aromatic rings. The molecule has 0 radical (unpaired) electrons. The largest absolute Gasteiger partial charge is 0.393 e. The van der Waals surface area contributed by atoms with Gasteiger partial charge in [0.1, 0.15) is 6.17 Å². The average molecular weight is 148 g/mol. The van der Waals surface area contributed by atoms with Crippen molar-refractivity contribution >= 4 is 0 Å². The first kappa shape index (κ1) is 7.95. The fraction of sp³-hybridized carbons (Fsp3) is 1.00. The van der Waals surface area contributed by atoms with E-state index in [0.29, 0.717) is 6.42 Å². The quantitative estimate of drug-likeness (QED) is 0.644. The van der Waals surface area contributed by atoms with Crippen LogP contribution in [0.4, 0.5) is 4.39 Å². The van der Waals surface area contributed by atoms with Crippen molar-refractivity contribution in [1.29, 1.82) is 0 Å². The molecule has 1 N–H and O–H groups in total. The Kier molecular flexibility index (Phi) is 3.09. The third-order valence-electron chi connectivity index (χ3n) is 1.74. The smallest absolute Gasteiger partial charge is 0.126 e. The van der Waals surface area contributed by atoms with Gasteiger partial charge in [0.15, 0.2) is 0 Å². The van der Waals surface area contributed by atoms with E-state index in [2.05, 4.69) is 0 Å². The molecule has 2 atom stereocenters. The predicted molar refractivity (Wildman–Crippen MR) is 35.6 cm³/mol. The molecule has 0 unspecified atom stereocenters. The van der Waals surface area contributed by atoms with Crippen LogP contribution in [-0.4, -0.2) is 30.6 Å². The van der Waals surface area contributed by atoms with Crippen molar-refractivity contribution in [3.8, 4) is 0 Å². The second-order valence-corrected chi connectivity index (χ2v) is 2.65. The van der Waals surface area contributed by atoms with Gasteiger partial charge < -0.3 is 9.84 Å². The van der Waals surface area contributed by atoms with Crippen molar-refractivity contribution in [2.75, 3.05) is 13.2 Å². The van der Waals surface area contributed by atoms with Gasteiger partial charge in [-0.05, 0) is 12.8 Å². The molecular formula is C7H13FO2. The normalized spacial score (nSPS) is 28.8. The Bertz CT molecular complexity index is 91.6. The van der Waals surface area contributed by atoms with E-state index in [1.807, 2.05) is 0 Å². The third kappa shape index (κ3) is 2.23. The summed E-state index contributed by atoms with van der Waals surface area (Å²) in [6.07, 6.45) is 1.30. The molecule has 0 aromatic carbocycles. The van der Waals surface area contributed by atoms with Crippen molar-refractivity contribution in [2.24, 2.45) is 0 Å². The zero-order chi connectivity index (χ0) is 7.40. The fourth-order valence-electron chi connectivity index (χ4n) is 1.19. The topological polar surface area (TPSA) is 29.5 Å². The highest BCUT2D eigenvalue weighted by atomic mass is 19.1. The van der Waals surface area contributed by atoms with Gasteiger partial charge in [0.25, 0.3) is 0 Å². The first-order valence-electron chi connectivity index (χ1n) is 3.69. The summed E-state index contributed by atoms with van der Waals surface area (Å²) in [5, 5.41) is 8.36. The number of aliphatic hydroxyl groups is 1. The lowest BCUT2D eigenvalue weighted by Crippen LogP contribution is -2.16. The van der Waals surface area contributed by atoms with Gasteiger partial charge in [-0.15, -0.1) is 0 Å². The summed E-state index contributed by atoms with van der Waals surface area (Å²) >= 11 is 0. The second kappa shape index (κ2) is 3.88. The van der Waals surface area contributed by atoms with Gasteiger partial charge >= 0.3 is 0 Å². The van der Waals surface area contributed by atoms with Crippen LogP contribution in [0, 0.1) is 0 Å². The third-order valence-corrected chi connectivity index (χ3v) is 1.74. The van der Waals surface area contributed by atoms with E-state index >= 15 is 0 Å². The zero-order valence-corrected chi connectivity index (χ0v) is 5.92. The summed E-state index contributed by atoms with van der Waals surface area (Å²) < 4.78 is 17.6. The number of halogens is 1. The van der Waals surface area contributed by atoms with Crippen LogP contribution in [0.2, 0.25) is 0 Å². The highest BCUT2D eigenvalue weighted by Crippen LogP contribution is 2.17. The molecule has 60 valence electrons. The van der Waals surface area contributed by atoms with Crippen molar-refractivity contribution in [3.05, 3.63) is 0 Å². The Labute approximate surface area is 60.0 Å². The minimum absolute atomic E-state index is 0.0575. The maximum absolute atomic E-state index is 12.5. The van der Waals surface area contributed by atoms with Gasteiger partial charge in [0.2, 0.25) is 0 Å². The Morgan fingerprint density at radius 3 is 3.00 bits per heavy atom. The minimum atomic E-state index is -1.09. The summed E-state index contributed by atoms with van der Waals surface area (Å²) in [5.74, 6) is 0. The van der Waals surface area contributed by atoms with E-state index in [1.165, 1.54) is 0 Å². The molecule has 2 nitrogen and oxygen atoms in total. The van der Waals surface area contributed by atoms with Crippen molar-refractivity contribution in [1.82, 2.24) is 0 Å². The number of ether oxygens (including phenoxy) is 1. The van der Waals surface area contributed by atoms with E-state index in [1.54, 1.807) is 0 Å². The van der Waals surface area contributed by atoms with Crippen molar-refractivity contribution in [3.63, 3.8) is 0 Å². The monoisotopic (exact) mass is 148 g/mol. The molecule has 0 spiro atoms. The lowest BCUT2D eigenvalue weighted by atomic mass is 10.1. The minimum Gasteiger partial charge on any atom is -0.393 e. The lowest BCUT2D eigenvalue weighted by Gasteiger charge is -2.10. The van der Waals surface area contributed by atoms with Gasteiger partial charge in [-0.3, -0.25) is 0 Å². The maximum atomic E-state index is 12.5. The van der Waals surface area contributed by atoms with E-state index in [4.69, 9.17) is 9.84 Å². The van der Waals surface area contributed by atoms with E-state index in [0.717, 1.165) is 19.4 Å². The van der Waals surface area contributed by atoms with Crippen LogP contribution in [0.25, 0.3) is 0 Å². The molecule has 1 aliphatic rings. The first-order valence-corrected chi connectivity index (χ1v) is 3.69. The molecule has 0 bridgehead atoms. The molecule has 1 fully saturated rings. The number of aliphatic hydroxyl groups excluding tert-OH is 1. The van der Waals surface area contributed by atoms with Crippen LogP contribution in [0.15, 0.2) is 0 Å². The van der Waals surface area contributed by atoms with Crippen LogP contribution < -0.4 is 0 Å². The summed E-state index contributed by atoms with van der Waals surface area (Å²) in [5.41, 5.74) is 0. The SMILES string of the molecule is OC[C@@H](F)C[C@@H]1CCCO1. The van der Waals surface area contributed by atoms with Gasteiger partial charge in [0, 0.05) is 13.0 Å². The molecule has 0 amide bonds. The summed E-state index contributed by atoms with van der Waals surface area (Å²) in [4.78, 5) is 0. The Morgan fingerprint density at radius 1 is 1.70 bits per heavy atom. The Morgan fingerprint density at radius 2 is 2.50 bits per heavy atom. The van der Waals surface area contributed by atoms with Crippen LogP contribution in [0.5, 0.6) is 0 Å². The molecule has 0 aromatic heterocycles. The summed E-state index contributed by atoms with van der Waals surface area (Å²) in [6.45, 7) is 0.378. The Hall–Kier alpha value is -0.150. The molecular weight excluding hydrogens is 135 g/mol.